The molecule has 0 aliphatic rings. The summed E-state index contributed by atoms with van der Waals surface area (Å²) in [5.74, 6) is 0. The molecule has 1 atom stereocenters. The predicted octanol–water partition coefficient (Wildman–Crippen LogP) is 4.08. The number of thiazole rings is 1. The van der Waals surface area contributed by atoms with Crippen molar-refractivity contribution < 1.29 is 4.43 Å². The van der Waals surface area contributed by atoms with Crippen molar-refractivity contribution >= 4 is 19.7 Å². The van der Waals surface area contributed by atoms with Crippen molar-refractivity contribution in [3.63, 3.8) is 0 Å². The molecule has 1 rings (SSSR count). The average molecular weight is 243 g/mol. The molecule has 4 heteroatoms. The van der Waals surface area contributed by atoms with Crippen LogP contribution < -0.4 is 0 Å². The number of hydrogen-bond donors (Lipinski definition) is 0. The summed E-state index contributed by atoms with van der Waals surface area (Å²) < 4.78 is 6.23. The van der Waals surface area contributed by atoms with E-state index in [0.29, 0.717) is 0 Å². The second-order valence-corrected chi connectivity index (χ2v) is 11.2. The number of hydrogen-bond acceptors (Lipinski definition) is 3. The van der Waals surface area contributed by atoms with Crippen molar-refractivity contribution in [2.45, 2.75) is 46.5 Å². The van der Waals surface area contributed by atoms with Crippen molar-refractivity contribution in [2.75, 3.05) is 0 Å². The van der Waals surface area contributed by atoms with E-state index in [0.717, 1.165) is 5.01 Å². The van der Waals surface area contributed by atoms with Gasteiger partial charge in [0.05, 0.1) is 0 Å². The van der Waals surface area contributed by atoms with Gasteiger partial charge in [-0.15, -0.1) is 11.3 Å². The van der Waals surface area contributed by atoms with Crippen molar-refractivity contribution in [1.82, 2.24) is 4.98 Å². The Morgan fingerprint density at radius 3 is 2.27 bits per heavy atom. The van der Waals surface area contributed by atoms with Crippen molar-refractivity contribution in [3.8, 4) is 0 Å². The summed E-state index contributed by atoms with van der Waals surface area (Å²) >= 11 is 1.68. The van der Waals surface area contributed by atoms with Gasteiger partial charge >= 0.3 is 0 Å². The standard InChI is InChI=1S/C11H21NOSSi/c1-11(2,3)9(13-15(4,5)6)10-12-7-8-14-10/h7-9H,1-6H3. The molecule has 0 aromatic carbocycles. The Morgan fingerprint density at radius 2 is 1.93 bits per heavy atom. The molecule has 0 aliphatic heterocycles. The Balaban J connectivity index is 2.90. The van der Waals surface area contributed by atoms with E-state index >= 15 is 0 Å². The predicted molar refractivity (Wildman–Crippen MR) is 68.7 cm³/mol. The summed E-state index contributed by atoms with van der Waals surface area (Å²) in [6, 6.07) is 0. The minimum Gasteiger partial charge on any atom is -0.408 e. The maximum absolute atomic E-state index is 6.23. The maximum Gasteiger partial charge on any atom is 0.184 e. The van der Waals surface area contributed by atoms with Gasteiger partial charge in [-0.05, 0) is 25.1 Å². The highest BCUT2D eigenvalue weighted by Gasteiger charge is 2.33. The summed E-state index contributed by atoms with van der Waals surface area (Å²) in [6.07, 6.45) is 1.98. The molecule has 0 aliphatic carbocycles. The Hall–Kier alpha value is -0.193. The van der Waals surface area contributed by atoms with Gasteiger partial charge in [0.25, 0.3) is 0 Å². The Kier molecular flexibility index (Phi) is 3.74. The van der Waals surface area contributed by atoms with Crippen LogP contribution in [0.25, 0.3) is 0 Å². The lowest BCUT2D eigenvalue weighted by Crippen LogP contribution is -2.33. The van der Waals surface area contributed by atoms with Crippen molar-refractivity contribution in [2.24, 2.45) is 5.41 Å². The molecule has 0 amide bonds. The van der Waals surface area contributed by atoms with E-state index in [9.17, 15) is 0 Å². The minimum atomic E-state index is -1.52. The topological polar surface area (TPSA) is 22.1 Å². The third kappa shape index (κ3) is 4.05. The fraction of sp³-hybridized carbons (Fsp3) is 0.727. The Morgan fingerprint density at radius 1 is 1.33 bits per heavy atom. The number of rotatable bonds is 3. The summed E-state index contributed by atoms with van der Waals surface area (Å²) in [5, 5.41) is 3.12. The molecule has 0 spiro atoms. The van der Waals surface area contributed by atoms with Crippen LogP contribution in [0.4, 0.5) is 0 Å². The monoisotopic (exact) mass is 243 g/mol. The molecule has 0 radical (unpaired) electrons. The van der Waals surface area contributed by atoms with Gasteiger partial charge in [-0.2, -0.15) is 0 Å². The minimum absolute atomic E-state index is 0.109. The summed E-state index contributed by atoms with van der Waals surface area (Å²) in [7, 11) is -1.52. The zero-order valence-electron chi connectivity index (χ0n) is 10.5. The molecule has 2 nitrogen and oxygen atoms in total. The molecule has 1 aromatic rings. The van der Waals surface area contributed by atoms with Crippen LogP contribution in [0.3, 0.4) is 0 Å². The van der Waals surface area contributed by atoms with Gasteiger partial charge in [0, 0.05) is 11.6 Å². The fourth-order valence-electron chi connectivity index (χ4n) is 1.32. The number of nitrogens with zero attached hydrogens (tertiary/aromatic N) is 1. The molecular weight excluding hydrogens is 222 g/mol. The van der Waals surface area contributed by atoms with Crippen LogP contribution in [0.15, 0.2) is 11.6 Å². The van der Waals surface area contributed by atoms with Gasteiger partial charge in [0.2, 0.25) is 0 Å². The molecule has 15 heavy (non-hydrogen) atoms. The third-order valence-corrected chi connectivity index (χ3v) is 3.70. The lowest BCUT2D eigenvalue weighted by Gasteiger charge is -2.34. The molecule has 0 saturated carbocycles. The highest BCUT2D eigenvalue weighted by molar-refractivity contribution is 7.09. The van der Waals surface area contributed by atoms with E-state index in [4.69, 9.17) is 4.43 Å². The first kappa shape index (κ1) is 12.9. The van der Waals surface area contributed by atoms with Gasteiger partial charge in [-0.3, -0.25) is 0 Å². The summed E-state index contributed by atoms with van der Waals surface area (Å²) in [5.41, 5.74) is 0.109. The van der Waals surface area contributed by atoms with E-state index in [1.165, 1.54) is 0 Å². The lowest BCUT2D eigenvalue weighted by molar-refractivity contribution is 0.0795. The third-order valence-electron chi connectivity index (χ3n) is 1.93. The van der Waals surface area contributed by atoms with Crippen molar-refractivity contribution in [1.29, 1.82) is 0 Å². The summed E-state index contributed by atoms with van der Waals surface area (Å²) in [4.78, 5) is 4.38. The second kappa shape index (κ2) is 4.35. The molecule has 1 unspecified atom stereocenters. The Bertz CT molecular complexity index is 297. The van der Waals surface area contributed by atoms with Gasteiger partial charge in [0.1, 0.15) is 11.1 Å². The van der Waals surface area contributed by atoms with Crippen LogP contribution in [0, 0.1) is 5.41 Å². The first-order chi connectivity index (χ1) is 6.70. The molecular formula is C11H21NOSSi. The summed E-state index contributed by atoms with van der Waals surface area (Å²) in [6.45, 7) is 13.3. The molecule has 86 valence electrons. The molecule has 0 N–H and O–H groups in total. The number of aromatic nitrogens is 1. The van der Waals surface area contributed by atoms with Crippen LogP contribution in [-0.4, -0.2) is 13.3 Å². The van der Waals surface area contributed by atoms with E-state index in [1.807, 2.05) is 11.6 Å². The quantitative estimate of drug-likeness (QED) is 0.746. The largest absolute Gasteiger partial charge is 0.408 e. The lowest BCUT2D eigenvalue weighted by atomic mass is 9.90. The normalized spacial score (nSPS) is 15.3. The fourth-order valence-corrected chi connectivity index (χ4v) is 3.48. The maximum atomic E-state index is 6.23. The highest BCUT2D eigenvalue weighted by Crippen LogP contribution is 2.38. The van der Waals surface area contributed by atoms with Crippen molar-refractivity contribution in [3.05, 3.63) is 16.6 Å². The van der Waals surface area contributed by atoms with Crippen LogP contribution in [0.5, 0.6) is 0 Å². The van der Waals surface area contributed by atoms with Crippen LogP contribution in [0.1, 0.15) is 31.9 Å². The van der Waals surface area contributed by atoms with Gasteiger partial charge < -0.3 is 4.43 Å². The van der Waals surface area contributed by atoms with Crippen LogP contribution in [0.2, 0.25) is 19.6 Å². The first-order valence-corrected chi connectivity index (χ1v) is 9.56. The Labute approximate surface area is 97.8 Å². The average Bonchev–Trinajstić information content (AvgIpc) is 2.47. The SMILES string of the molecule is CC(C)(C)C(O[Si](C)(C)C)c1nccs1. The van der Waals surface area contributed by atoms with Crippen LogP contribution in [-0.2, 0) is 4.43 Å². The highest BCUT2D eigenvalue weighted by atomic mass is 32.1. The molecule has 0 fully saturated rings. The van der Waals surface area contributed by atoms with Gasteiger partial charge in [-0.25, -0.2) is 4.98 Å². The van der Waals surface area contributed by atoms with E-state index in [1.54, 1.807) is 11.3 Å². The molecule has 1 aromatic heterocycles. The van der Waals surface area contributed by atoms with E-state index < -0.39 is 8.32 Å². The zero-order chi connectivity index (χ0) is 11.7. The van der Waals surface area contributed by atoms with Crippen LogP contribution >= 0.6 is 11.3 Å². The first-order valence-electron chi connectivity index (χ1n) is 5.27. The van der Waals surface area contributed by atoms with Gasteiger partial charge in [-0.1, -0.05) is 20.8 Å². The molecule has 1 heterocycles. The van der Waals surface area contributed by atoms with E-state index in [-0.39, 0.29) is 11.5 Å². The molecule has 0 bridgehead atoms. The second-order valence-electron chi connectivity index (χ2n) is 5.85. The molecule has 0 saturated heterocycles. The zero-order valence-corrected chi connectivity index (χ0v) is 12.3. The smallest absolute Gasteiger partial charge is 0.184 e. The van der Waals surface area contributed by atoms with Gasteiger partial charge in [0.15, 0.2) is 8.32 Å². The van der Waals surface area contributed by atoms with E-state index in [2.05, 4.69) is 45.4 Å².